The molecule has 0 saturated carbocycles. The van der Waals surface area contributed by atoms with Gasteiger partial charge in [0.05, 0.1) is 16.8 Å². The van der Waals surface area contributed by atoms with Crippen LogP contribution in [0.5, 0.6) is 0 Å². The van der Waals surface area contributed by atoms with Crippen LogP contribution in [0.2, 0.25) is 0 Å². The number of para-hydroxylation sites is 1. The average molecular weight is 369 g/mol. The van der Waals surface area contributed by atoms with E-state index >= 15 is 0 Å². The van der Waals surface area contributed by atoms with Crippen LogP contribution >= 0.6 is 0 Å². The number of alkyl halides is 3. The fourth-order valence-electron chi connectivity index (χ4n) is 2.08. The third-order valence-electron chi connectivity index (χ3n) is 3.55. The number of anilines is 1. The number of ether oxygens (including phenoxy) is 1. The van der Waals surface area contributed by atoms with E-state index in [0.717, 1.165) is 18.2 Å². The molecule has 2 rings (SSSR count). The maximum absolute atomic E-state index is 13.5. The van der Waals surface area contributed by atoms with Gasteiger partial charge < -0.3 is 10.1 Å². The van der Waals surface area contributed by atoms with E-state index in [1.807, 2.05) is 0 Å². The van der Waals surface area contributed by atoms with Crippen molar-refractivity contribution in [1.82, 2.24) is 0 Å². The van der Waals surface area contributed by atoms with Gasteiger partial charge in [-0.3, -0.25) is 4.79 Å². The van der Waals surface area contributed by atoms with Crippen molar-refractivity contribution in [1.29, 1.82) is 0 Å². The molecule has 2 aromatic carbocycles. The van der Waals surface area contributed by atoms with Gasteiger partial charge in [-0.1, -0.05) is 18.2 Å². The average Bonchev–Trinajstić information content (AvgIpc) is 2.56. The number of amides is 1. The zero-order valence-electron chi connectivity index (χ0n) is 13.9. The minimum Gasteiger partial charge on any atom is -0.449 e. The molecule has 0 aliphatic carbocycles. The summed E-state index contributed by atoms with van der Waals surface area (Å²) in [5.74, 6) is -2.52. The molecule has 4 nitrogen and oxygen atoms in total. The fraction of sp³-hybridized carbons (Fsp3) is 0.222. The Hall–Kier alpha value is -2.90. The first-order valence-electron chi connectivity index (χ1n) is 7.54. The number of nitrogens with one attached hydrogen (secondary N) is 1. The molecule has 0 bridgehead atoms. The Morgan fingerprint density at radius 1 is 1.12 bits per heavy atom. The van der Waals surface area contributed by atoms with Gasteiger partial charge in [-0.05, 0) is 43.7 Å². The number of hydrogen-bond acceptors (Lipinski definition) is 3. The summed E-state index contributed by atoms with van der Waals surface area (Å²) < 4.78 is 57.2. The van der Waals surface area contributed by atoms with E-state index < -0.39 is 41.2 Å². The molecule has 8 heteroatoms. The Morgan fingerprint density at radius 2 is 1.77 bits per heavy atom. The summed E-state index contributed by atoms with van der Waals surface area (Å²) in [6.45, 7) is 2.71. The molecule has 2 aromatic rings. The Bertz CT molecular complexity index is 833. The van der Waals surface area contributed by atoms with Crippen molar-refractivity contribution in [3.05, 3.63) is 65.0 Å². The van der Waals surface area contributed by atoms with Gasteiger partial charge in [0, 0.05) is 0 Å². The summed E-state index contributed by atoms with van der Waals surface area (Å²) in [5, 5.41) is 2.08. The molecule has 1 atom stereocenters. The highest BCUT2D eigenvalue weighted by atomic mass is 19.4. The third kappa shape index (κ3) is 4.59. The number of benzene rings is 2. The van der Waals surface area contributed by atoms with Crippen LogP contribution in [0.15, 0.2) is 42.5 Å². The number of hydrogen-bond donors (Lipinski definition) is 1. The molecule has 0 unspecified atom stereocenters. The molecule has 0 aromatic heterocycles. The maximum atomic E-state index is 13.5. The molecule has 0 aliphatic heterocycles. The smallest absolute Gasteiger partial charge is 0.418 e. The van der Waals surface area contributed by atoms with Crippen molar-refractivity contribution in [3.8, 4) is 0 Å². The summed E-state index contributed by atoms with van der Waals surface area (Å²) in [5.41, 5.74) is -1.25. The zero-order chi connectivity index (χ0) is 19.5. The monoisotopic (exact) mass is 369 g/mol. The van der Waals surface area contributed by atoms with Crippen LogP contribution in [-0.2, 0) is 15.7 Å². The quantitative estimate of drug-likeness (QED) is 0.644. The van der Waals surface area contributed by atoms with Crippen LogP contribution < -0.4 is 5.32 Å². The lowest BCUT2D eigenvalue weighted by Gasteiger charge is -2.17. The van der Waals surface area contributed by atoms with Gasteiger partial charge >= 0.3 is 12.1 Å². The lowest BCUT2D eigenvalue weighted by molar-refractivity contribution is -0.137. The summed E-state index contributed by atoms with van der Waals surface area (Å²) in [6, 6.07) is 8.08. The van der Waals surface area contributed by atoms with Gasteiger partial charge in [-0.25, -0.2) is 9.18 Å². The highest BCUT2D eigenvalue weighted by Gasteiger charge is 2.34. The molecule has 0 fully saturated rings. The van der Waals surface area contributed by atoms with Crippen molar-refractivity contribution < 1.29 is 31.9 Å². The lowest BCUT2D eigenvalue weighted by atomic mass is 10.1. The van der Waals surface area contributed by atoms with Crippen molar-refractivity contribution in [3.63, 3.8) is 0 Å². The normalized spacial score (nSPS) is 12.4. The standard InChI is InChI=1S/C18H15F4NO3/c1-10-7-8-12(9-14(10)19)17(25)26-11(2)16(24)23-15-6-4-3-5-13(15)18(20,21)22/h3-9,11H,1-2H3,(H,23,24)/t11-/m0/s1. The minimum atomic E-state index is -4.65. The Kier molecular flexibility index (Phi) is 5.64. The number of halogens is 4. The molecule has 0 heterocycles. The van der Waals surface area contributed by atoms with Crippen LogP contribution in [0.1, 0.15) is 28.4 Å². The number of rotatable bonds is 4. The number of aryl methyl sites for hydroxylation is 1. The third-order valence-corrected chi connectivity index (χ3v) is 3.55. The number of carbonyl (C=O) groups excluding carboxylic acids is 2. The first-order chi connectivity index (χ1) is 12.1. The van der Waals surface area contributed by atoms with Gasteiger partial charge in [0.1, 0.15) is 5.82 Å². The molecule has 1 N–H and O–H groups in total. The summed E-state index contributed by atoms with van der Waals surface area (Å²) in [7, 11) is 0. The van der Waals surface area contributed by atoms with E-state index in [-0.39, 0.29) is 5.56 Å². The second-order valence-electron chi connectivity index (χ2n) is 5.54. The van der Waals surface area contributed by atoms with Crippen molar-refractivity contribution >= 4 is 17.6 Å². The van der Waals surface area contributed by atoms with Crippen LogP contribution in [0.3, 0.4) is 0 Å². The Balaban J connectivity index is 2.09. The van der Waals surface area contributed by atoms with Crippen LogP contribution in [-0.4, -0.2) is 18.0 Å². The summed E-state index contributed by atoms with van der Waals surface area (Å²) >= 11 is 0. The summed E-state index contributed by atoms with van der Waals surface area (Å²) in [4.78, 5) is 24.0. The minimum absolute atomic E-state index is 0.108. The molecule has 0 radical (unpaired) electrons. The second-order valence-corrected chi connectivity index (χ2v) is 5.54. The molecule has 26 heavy (non-hydrogen) atoms. The maximum Gasteiger partial charge on any atom is 0.418 e. The van der Waals surface area contributed by atoms with Gasteiger partial charge in [-0.15, -0.1) is 0 Å². The van der Waals surface area contributed by atoms with E-state index in [0.29, 0.717) is 5.56 Å². The van der Waals surface area contributed by atoms with Gasteiger partial charge in [0.25, 0.3) is 5.91 Å². The van der Waals surface area contributed by atoms with Crippen molar-refractivity contribution in [2.75, 3.05) is 5.32 Å². The predicted molar refractivity (Wildman–Crippen MR) is 86.1 cm³/mol. The van der Waals surface area contributed by atoms with E-state index in [9.17, 15) is 27.2 Å². The Labute approximate surface area is 146 Å². The molecule has 0 aliphatic rings. The predicted octanol–water partition coefficient (Wildman–Crippen LogP) is 4.34. The molecule has 1 amide bonds. The largest absolute Gasteiger partial charge is 0.449 e. The van der Waals surface area contributed by atoms with E-state index in [1.165, 1.54) is 38.1 Å². The molecular formula is C18H15F4NO3. The first-order valence-corrected chi connectivity index (χ1v) is 7.54. The SMILES string of the molecule is Cc1ccc(C(=O)O[C@@H](C)C(=O)Nc2ccccc2C(F)(F)F)cc1F. The van der Waals surface area contributed by atoms with Crippen LogP contribution in [0, 0.1) is 12.7 Å². The molecular weight excluding hydrogens is 354 g/mol. The topological polar surface area (TPSA) is 55.4 Å². The fourth-order valence-corrected chi connectivity index (χ4v) is 2.08. The van der Waals surface area contributed by atoms with Gasteiger partial charge in [0.2, 0.25) is 0 Å². The highest BCUT2D eigenvalue weighted by Crippen LogP contribution is 2.34. The molecule has 0 saturated heterocycles. The Morgan fingerprint density at radius 3 is 2.38 bits per heavy atom. The van der Waals surface area contributed by atoms with Crippen LogP contribution in [0.25, 0.3) is 0 Å². The van der Waals surface area contributed by atoms with Crippen LogP contribution in [0.4, 0.5) is 23.2 Å². The van der Waals surface area contributed by atoms with Gasteiger partial charge in [0.15, 0.2) is 6.10 Å². The van der Waals surface area contributed by atoms with Crippen molar-refractivity contribution in [2.45, 2.75) is 26.1 Å². The second kappa shape index (κ2) is 7.55. The molecule has 0 spiro atoms. The molecule has 138 valence electrons. The number of carbonyl (C=O) groups is 2. The summed E-state index contributed by atoms with van der Waals surface area (Å²) in [6.07, 6.45) is -6.03. The van der Waals surface area contributed by atoms with E-state index in [2.05, 4.69) is 5.32 Å². The van der Waals surface area contributed by atoms with Gasteiger partial charge in [-0.2, -0.15) is 13.2 Å². The number of esters is 1. The highest BCUT2D eigenvalue weighted by molar-refractivity contribution is 5.97. The first kappa shape index (κ1) is 19.4. The lowest BCUT2D eigenvalue weighted by Crippen LogP contribution is -2.30. The van der Waals surface area contributed by atoms with E-state index in [1.54, 1.807) is 0 Å². The van der Waals surface area contributed by atoms with E-state index in [4.69, 9.17) is 4.74 Å². The van der Waals surface area contributed by atoms with Crippen molar-refractivity contribution in [2.24, 2.45) is 0 Å². The zero-order valence-corrected chi connectivity index (χ0v) is 13.9.